The molecule has 2 aromatic rings. The van der Waals surface area contributed by atoms with Gasteiger partial charge in [0.25, 0.3) is 0 Å². The molecule has 1 aromatic carbocycles. The highest BCUT2D eigenvalue weighted by molar-refractivity contribution is 9.11. The van der Waals surface area contributed by atoms with E-state index in [4.69, 9.17) is 0 Å². The summed E-state index contributed by atoms with van der Waals surface area (Å²) in [6.07, 6.45) is 3.64. The summed E-state index contributed by atoms with van der Waals surface area (Å²) in [4.78, 5) is 0. The van der Waals surface area contributed by atoms with E-state index in [-0.39, 0.29) is 0 Å². The minimum Gasteiger partial charge on any atom is -0.142 e. The summed E-state index contributed by atoms with van der Waals surface area (Å²) in [5.74, 6) is 0.453. The first-order chi connectivity index (χ1) is 7.84. The SMILES string of the molecule is Brc1nnc(C2CCCc3ccccc32)s1. The highest BCUT2D eigenvalue weighted by Crippen LogP contribution is 2.38. The first-order valence-corrected chi connectivity index (χ1v) is 7.02. The molecule has 1 atom stereocenters. The first-order valence-electron chi connectivity index (χ1n) is 5.41. The zero-order valence-corrected chi connectivity index (χ0v) is 11.1. The number of halogens is 1. The molecule has 2 nitrogen and oxygen atoms in total. The van der Waals surface area contributed by atoms with E-state index >= 15 is 0 Å². The maximum absolute atomic E-state index is 4.26. The minimum absolute atomic E-state index is 0.453. The number of aryl methyl sites for hydroxylation is 1. The van der Waals surface area contributed by atoms with Crippen molar-refractivity contribution in [3.63, 3.8) is 0 Å². The lowest BCUT2D eigenvalue weighted by molar-refractivity contribution is 0.609. The zero-order chi connectivity index (χ0) is 11.0. The quantitative estimate of drug-likeness (QED) is 0.800. The second-order valence-corrected chi connectivity index (χ2v) is 6.32. The van der Waals surface area contributed by atoms with Gasteiger partial charge in [0.1, 0.15) is 5.01 Å². The Labute approximate surface area is 107 Å². The Morgan fingerprint density at radius 1 is 1.25 bits per heavy atom. The van der Waals surface area contributed by atoms with Gasteiger partial charge in [-0.3, -0.25) is 0 Å². The molecular weight excluding hydrogens is 284 g/mol. The molecule has 0 radical (unpaired) electrons. The number of aromatic nitrogens is 2. The summed E-state index contributed by atoms with van der Waals surface area (Å²) in [5, 5.41) is 9.45. The van der Waals surface area contributed by atoms with Crippen molar-refractivity contribution in [2.75, 3.05) is 0 Å². The predicted octanol–water partition coefficient (Wildman–Crippen LogP) is 3.77. The fourth-order valence-electron chi connectivity index (χ4n) is 2.37. The van der Waals surface area contributed by atoms with Gasteiger partial charge in [-0.15, -0.1) is 10.2 Å². The Bertz CT molecular complexity index is 509. The molecule has 0 spiro atoms. The molecule has 0 fully saturated rings. The number of fused-ring (bicyclic) bond motifs is 1. The maximum Gasteiger partial charge on any atom is 0.183 e. The van der Waals surface area contributed by atoms with Gasteiger partial charge in [0.2, 0.25) is 0 Å². The molecule has 16 heavy (non-hydrogen) atoms. The van der Waals surface area contributed by atoms with E-state index in [9.17, 15) is 0 Å². The third-order valence-corrected chi connectivity index (χ3v) is 4.55. The molecule has 0 saturated carbocycles. The molecule has 1 heterocycles. The second kappa shape index (κ2) is 4.26. The van der Waals surface area contributed by atoms with E-state index in [1.807, 2.05) is 0 Å². The van der Waals surface area contributed by atoms with Crippen LogP contribution in [0.4, 0.5) is 0 Å². The maximum atomic E-state index is 4.26. The average molecular weight is 295 g/mol. The minimum atomic E-state index is 0.453. The zero-order valence-electron chi connectivity index (χ0n) is 8.69. The van der Waals surface area contributed by atoms with Crippen LogP contribution in [0.1, 0.15) is 34.9 Å². The Morgan fingerprint density at radius 3 is 2.94 bits per heavy atom. The summed E-state index contributed by atoms with van der Waals surface area (Å²) in [6, 6.07) is 8.70. The van der Waals surface area contributed by atoms with Crippen LogP contribution in [0.15, 0.2) is 28.2 Å². The van der Waals surface area contributed by atoms with Gasteiger partial charge >= 0.3 is 0 Å². The third-order valence-electron chi connectivity index (χ3n) is 3.08. The number of nitrogens with zero attached hydrogens (tertiary/aromatic N) is 2. The van der Waals surface area contributed by atoms with Gasteiger partial charge in [-0.1, -0.05) is 35.6 Å². The van der Waals surface area contributed by atoms with Crippen LogP contribution in [-0.4, -0.2) is 10.2 Å². The van der Waals surface area contributed by atoms with E-state index in [1.165, 1.54) is 30.4 Å². The molecular formula is C12H11BrN2S. The van der Waals surface area contributed by atoms with E-state index in [1.54, 1.807) is 11.3 Å². The largest absolute Gasteiger partial charge is 0.183 e. The normalized spacial score (nSPS) is 19.4. The summed E-state index contributed by atoms with van der Waals surface area (Å²) < 4.78 is 0.880. The van der Waals surface area contributed by atoms with Gasteiger partial charge < -0.3 is 0 Å². The molecule has 0 N–H and O–H groups in total. The standard InChI is InChI=1S/C12H11BrN2S/c13-12-15-14-11(16-12)10-7-3-5-8-4-1-2-6-9(8)10/h1-2,4,6,10H,3,5,7H2. The van der Waals surface area contributed by atoms with Crippen LogP contribution in [0.5, 0.6) is 0 Å². The van der Waals surface area contributed by atoms with Crippen molar-refractivity contribution in [1.29, 1.82) is 0 Å². The lowest BCUT2D eigenvalue weighted by Crippen LogP contribution is -2.10. The van der Waals surface area contributed by atoms with Crippen molar-refractivity contribution in [3.05, 3.63) is 44.3 Å². The van der Waals surface area contributed by atoms with Crippen LogP contribution in [-0.2, 0) is 6.42 Å². The lowest BCUT2D eigenvalue weighted by Gasteiger charge is -2.23. The number of hydrogen-bond donors (Lipinski definition) is 0. The Hall–Kier alpha value is -0.740. The highest BCUT2D eigenvalue weighted by Gasteiger charge is 2.24. The Balaban J connectivity index is 2.04. The van der Waals surface area contributed by atoms with E-state index in [0.717, 1.165) is 8.92 Å². The molecule has 0 amide bonds. The molecule has 4 heteroatoms. The van der Waals surface area contributed by atoms with Crippen LogP contribution in [0.3, 0.4) is 0 Å². The van der Waals surface area contributed by atoms with Crippen molar-refractivity contribution in [3.8, 4) is 0 Å². The van der Waals surface area contributed by atoms with Crippen molar-refractivity contribution in [2.24, 2.45) is 0 Å². The van der Waals surface area contributed by atoms with E-state index in [2.05, 4.69) is 50.4 Å². The van der Waals surface area contributed by atoms with E-state index < -0.39 is 0 Å². The van der Waals surface area contributed by atoms with Crippen LogP contribution in [0, 0.1) is 0 Å². The summed E-state index contributed by atoms with van der Waals surface area (Å²) in [5.41, 5.74) is 2.92. The summed E-state index contributed by atoms with van der Waals surface area (Å²) in [7, 11) is 0. The fourth-order valence-corrected chi connectivity index (χ4v) is 3.67. The average Bonchev–Trinajstić information content (AvgIpc) is 2.75. The molecule has 0 bridgehead atoms. The van der Waals surface area contributed by atoms with Crippen molar-refractivity contribution in [1.82, 2.24) is 10.2 Å². The van der Waals surface area contributed by atoms with Crippen LogP contribution in [0.2, 0.25) is 0 Å². The molecule has 0 aliphatic heterocycles. The first kappa shape index (κ1) is 10.4. The van der Waals surface area contributed by atoms with Gasteiger partial charge in [0.05, 0.1) is 0 Å². The number of benzene rings is 1. The van der Waals surface area contributed by atoms with Crippen molar-refractivity contribution in [2.45, 2.75) is 25.2 Å². The molecule has 3 rings (SSSR count). The van der Waals surface area contributed by atoms with Gasteiger partial charge in [0, 0.05) is 5.92 Å². The summed E-state index contributed by atoms with van der Waals surface area (Å²) >= 11 is 5.04. The van der Waals surface area contributed by atoms with Gasteiger partial charge in [-0.2, -0.15) is 0 Å². The Kier molecular flexibility index (Phi) is 2.77. The van der Waals surface area contributed by atoms with Gasteiger partial charge in [0.15, 0.2) is 3.92 Å². The van der Waals surface area contributed by atoms with Gasteiger partial charge in [-0.05, 0) is 46.3 Å². The molecule has 0 saturated heterocycles. The Morgan fingerprint density at radius 2 is 2.12 bits per heavy atom. The molecule has 1 aromatic heterocycles. The number of hydrogen-bond acceptors (Lipinski definition) is 3. The number of rotatable bonds is 1. The van der Waals surface area contributed by atoms with Gasteiger partial charge in [-0.25, -0.2) is 0 Å². The highest BCUT2D eigenvalue weighted by atomic mass is 79.9. The fraction of sp³-hybridized carbons (Fsp3) is 0.333. The van der Waals surface area contributed by atoms with Crippen LogP contribution >= 0.6 is 27.3 Å². The van der Waals surface area contributed by atoms with E-state index in [0.29, 0.717) is 5.92 Å². The molecule has 1 aliphatic rings. The molecule has 82 valence electrons. The van der Waals surface area contributed by atoms with Crippen molar-refractivity contribution < 1.29 is 0 Å². The smallest absolute Gasteiger partial charge is 0.142 e. The second-order valence-electron chi connectivity index (χ2n) is 4.04. The summed E-state index contributed by atoms with van der Waals surface area (Å²) in [6.45, 7) is 0. The predicted molar refractivity (Wildman–Crippen MR) is 68.8 cm³/mol. The topological polar surface area (TPSA) is 25.8 Å². The third kappa shape index (κ3) is 1.80. The van der Waals surface area contributed by atoms with Crippen LogP contribution in [0.25, 0.3) is 0 Å². The monoisotopic (exact) mass is 294 g/mol. The lowest BCUT2D eigenvalue weighted by atomic mass is 9.83. The molecule has 1 unspecified atom stereocenters. The van der Waals surface area contributed by atoms with Crippen LogP contribution < -0.4 is 0 Å². The van der Waals surface area contributed by atoms with Crippen molar-refractivity contribution >= 4 is 27.3 Å². The molecule has 1 aliphatic carbocycles.